The molecule has 0 heterocycles. The van der Waals surface area contributed by atoms with Gasteiger partial charge in [0.1, 0.15) is 5.78 Å². The van der Waals surface area contributed by atoms with Crippen LogP contribution in [0.4, 0.5) is 0 Å². The minimum Gasteiger partial charge on any atom is -0.393 e. The Kier molecular flexibility index (Phi) is 5.63. The third-order valence-corrected chi connectivity index (χ3v) is 10.4. The molecule has 4 fully saturated rings. The van der Waals surface area contributed by atoms with E-state index in [4.69, 9.17) is 0 Å². The molecular formula is C25H41NO3. The van der Waals surface area contributed by atoms with Crippen LogP contribution in [0.5, 0.6) is 0 Å². The molecule has 29 heavy (non-hydrogen) atoms. The van der Waals surface area contributed by atoms with Gasteiger partial charge in [0.15, 0.2) is 0 Å². The summed E-state index contributed by atoms with van der Waals surface area (Å²) in [5, 5.41) is 14.0. The highest BCUT2D eigenvalue weighted by molar-refractivity contribution is 5.79. The Hall–Kier alpha value is -0.900. The molecule has 4 saturated carbocycles. The van der Waals surface area contributed by atoms with Crippen LogP contribution in [0.25, 0.3) is 0 Å². The van der Waals surface area contributed by atoms with Crippen LogP contribution < -0.4 is 5.32 Å². The second kappa shape index (κ2) is 7.66. The molecule has 0 bridgehead atoms. The molecule has 4 aliphatic rings. The monoisotopic (exact) mass is 403 g/mol. The molecule has 2 N–H and O–H groups in total. The SMILES string of the molecule is CNC(=O)CC[C@@H](C)[C@H]1CCC2C3C(CC[C@@]21C)[C@@]1(C)CCC(=O)CC1C[C@H]3O. The zero-order valence-electron chi connectivity index (χ0n) is 18.9. The standard InChI is InChI=1S/C25H41NO3/c1-15(5-8-22(29)26-4)18-6-7-19-23-20(10-12-25(18,19)3)24(2)11-9-17(27)13-16(24)14-21(23)28/h15-16,18-21,23,28H,5-14H2,1-4H3,(H,26,29)/t15-,16?,18-,19?,20?,21-,23?,24+,25-/m1/s1. The molecule has 9 atom stereocenters. The van der Waals surface area contributed by atoms with Gasteiger partial charge in [-0.1, -0.05) is 20.8 Å². The third-order valence-electron chi connectivity index (χ3n) is 10.4. The maximum atomic E-state index is 12.1. The van der Waals surface area contributed by atoms with Crippen molar-refractivity contribution in [2.45, 2.75) is 91.1 Å². The molecule has 4 nitrogen and oxygen atoms in total. The lowest BCUT2D eigenvalue weighted by Crippen LogP contribution is -2.58. The maximum Gasteiger partial charge on any atom is 0.219 e. The summed E-state index contributed by atoms with van der Waals surface area (Å²) < 4.78 is 0. The minimum absolute atomic E-state index is 0.147. The van der Waals surface area contributed by atoms with Crippen LogP contribution in [0, 0.1) is 46.3 Å². The fraction of sp³-hybridized carbons (Fsp3) is 0.920. The van der Waals surface area contributed by atoms with Gasteiger partial charge >= 0.3 is 0 Å². The summed E-state index contributed by atoms with van der Waals surface area (Å²) in [6.45, 7) is 7.27. The predicted molar refractivity (Wildman–Crippen MR) is 114 cm³/mol. The number of hydrogen-bond acceptors (Lipinski definition) is 3. The highest BCUT2D eigenvalue weighted by Gasteiger charge is 2.62. The largest absolute Gasteiger partial charge is 0.393 e. The van der Waals surface area contributed by atoms with Crippen molar-refractivity contribution in [2.24, 2.45) is 46.3 Å². The fourth-order valence-corrected chi connectivity index (χ4v) is 8.67. The summed E-state index contributed by atoms with van der Waals surface area (Å²) in [6, 6.07) is 0. The molecule has 4 rings (SSSR count). The van der Waals surface area contributed by atoms with E-state index in [1.54, 1.807) is 7.05 Å². The minimum atomic E-state index is -0.242. The van der Waals surface area contributed by atoms with Crippen LogP contribution in [0.15, 0.2) is 0 Å². The van der Waals surface area contributed by atoms with Gasteiger partial charge in [-0.2, -0.15) is 0 Å². The van der Waals surface area contributed by atoms with Gasteiger partial charge in [0, 0.05) is 26.3 Å². The van der Waals surface area contributed by atoms with Gasteiger partial charge in [-0.05, 0) is 91.3 Å². The number of carbonyl (C=O) groups is 2. The van der Waals surface area contributed by atoms with E-state index in [2.05, 4.69) is 26.1 Å². The lowest BCUT2D eigenvalue weighted by molar-refractivity contribution is -0.168. The fourth-order valence-electron chi connectivity index (χ4n) is 8.67. The van der Waals surface area contributed by atoms with Crippen molar-refractivity contribution in [3.8, 4) is 0 Å². The first kappa shape index (κ1) is 21.3. The number of Topliss-reactive ketones (excluding diaryl/α,β-unsaturated/α-hetero) is 1. The normalized spacial score (nSPS) is 47.7. The number of aliphatic hydroxyl groups is 1. The molecule has 4 heteroatoms. The van der Waals surface area contributed by atoms with E-state index in [0.29, 0.717) is 54.1 Å². The molecule has 4 aliphatic carbocycles. The zero-order chi connectivity index (χ0) is 21.0. The molecule has 0 aromatic carbocycles. The molecule has 0 spiro atoms. The highest BCUT2D eigenvalue weighted by atomic mass is 16.3. The Morgan fingerprint density at radius 1 is 1.17 bits per heavy atom. The second-order valence-corrected chi connectivity index (χ2v) is 11.5. The maximum absolute atomic E-state index is 12.1. The van der Waals surface area contributed by atoms with Gasteiger partial charge in [0.25, 0.3) is 0 Å². The lowest BCUT2D eigenvalue weighted by atomic mass is 9.44. The van der Waals surface area contributed by atoms with Crippen LogP contribution in [0.1, 0.15) is 85.0 Å². The quantitative estimate of drug-likeness (QED) is 0.733. The first-order valence-corrected chi connectivity index (χ1v) is 12.1. The van der Waals surface area contributed by atoms with Crippen molar-refractivity contribution in [2.75, 3.05) is 7.05 Å². The van der Waals surface area contributed by atoms with Crippen LogP contribution >= 0.6 is 0 Å². The van der Waals surface area contributed by atoms with Gasteiger partial charge in [-0.3, -0.25) is 9.59 Å². The van der Waals surface area contributed by atoms with E-state index in [9.17, 15) is 14.7 Å². The van der Waals surface area contributed by atoms with Gasteiger partial charge in [0.05, 0.1) is 6.10 Å². The molecule has 0 aromatic rings. The molecule has 0 saturated heterocycles. The lowest BCUT2D eigenvalue weighted by Gasteiger charge is -2.62. The van der Waals surface area contributed by atoms with Crippen LogP contribution in [0.3, 0.4) is 0 Å². The Bertz CT molecular complexity index is 662. The average molecular weight is 404 g/mol. The number of ketones is 1. The zero-order valence-corrected chi connectivity index (χ0v) is 18.9. The summed E-state index contributed by atoms with van der Waals surface area (Å²) in [5.41, 5.74) is 0.528. The van der Waals surface area contributed by atoms with E-state index in [1.807, 2.05) is 0 Å². The Labute approximate surface area is 176 Å². The topological polar surface area (TPSA) is 66.4 Å². The van der Waals surface area contributed by atoms with Gasteiger partial charge in [0.2, 0.25) is 5.91 Å². The summed E-state index contributed by atoms with van der Waals surface area (Å²) in [7, 11) is 1.72. The van der Waals surface area contributed by atoms with E-state index < -0.39 is 0 Å². The average Bonchev–Trinajstić information content (AvgIpc) is 3.04. The molecule has 164 valence electrons. The van der Waals surface area contributed by atoms with E-state index in [0.717, 1.165) is 25.7 Å². The number of aliphatic hydroxyl groups excluding tert-OH is 1. The Morgan fingerprint density at radius 3 is 2.62 bits per heavy atom. The van der Waals surface area contributed by atoms with Gasteiger partial charge in [-0.25, -0.2) is 0 Å². The second-order valence-electron chi connectivity index (χ2n) is 11.5. The number of fused-ring (bicyclic) bond motifs is 5. The van der Waals surface area contributed by atoms with Crippen molar-refractivity contribution < 1.29 is 14.7 Å². The summed E-state index contributed by atoms with van der Waals surface area (Å²) in [4.78, 5) is 23.8. The number of carbonyl (C=O) groups excluding carboxylic acids is 2. The van der Waals surface area contributed by atoms with Crippen LogP contribution in [-0.2, 0) is 9.59 Å². The summed E-state index contributed by atoms with van der Waals surface area (Å²) >= 11 is 0. The predicted octanol–water partition coefficient (Wildman–Crippen LogP) is 4.35. The summed E-state index contributed by atoms with van der Waals surface area (Å²) in [6.07, 6.45) is 9.55. The smallest absolute Gasteiger partial charge is 0.219 e. The first-order chi connectivity index (χ1) is 13.7. The van der Waals surface area contributed by atoms with Crippen molar-refractivity contribution >= 4 is 11.7 Å². The Balaban J connectivity index is 1.53. The van der Waals surface area contributed by atoms with Gasteiger partial charge in [-0.15, -0.1) is 0 Å². The summed E-state index contributed by atoms with van der Waals surface area (Å²) in [5.74, 6) is 3.71. The van der Waals surface area contributed by atoms with Crippen molar-refractivity contribution in [1.29, 1.82) is 0 Å². The molecular weight excluding hydrogens is 362 g/mol. The molecule has 0 aromatic heterocycles. The highest BCUT2D eigenvalue weighted by Crippen LogP contribution is 2.68. The molecule has 1 amide bonds. The van der Waals surface area contributed by atoms with Crippen LogP contribution in [-0.4, -0.2) is 29.9 Å². The molecule has 4 unspecified atom stereocenters. The number of rotatable bonds is 4. The number of amides is 1. The van der Waals surface area contributed by atoms with Crippen molar-refractivity contribution in [1.82, 2.24) is 5.32 Å². The van der Waals surface area contributed by atoms with Crippen molar-refractivity contribution in [3.05, 3.63) is 0 Å². The van der Waals surface area contributed by atoms with Crippen LogP contribution in [0.2, 0.25) is 0 Å². The molecule has 0 radical (unpaired) electrons. The van der Waals surface area contributed by atoms with E-state index in [-0.39, 0.29) is 22.8 Å². The first-order valence-electron chi connectivity index (χ1n) is 12.1. The van der Waals surface area contributed by atoms with E-state index in [1.165, 1.54) is 25.7 Å². The molecule has 0 aliphatic heterocycles. The Morgan fingerprint density at radius 2 is 1.90 bits per heavy atom. The number of hydrogen-bond donors (Lipinski definition) is 2. The third kappa shape index (κ3) is 3.38. The van der Waals surface area contributed by atoms with Gasteiger partial charge < -0.3 is 10.4 Å². The van der Waals surface area contributed by atoms with E-state index >= 15 is 0 Å². The number of nitrogens with one attached hydrogen (secondary N) is 1. The van der Waals surface area contributed by atoms with Crippen molar-refractivity contribution in [3.63, 3.8) is 0 Å².